The number of benzene rings is 10. The molecule has 10 aromatic carbocycles. The molecule has 0 saturated carbocycles. The van der Waals surface area contributed by atoms with Crippen LogP contribution in [0.2, 0.25) is 0 Å². The molecule has 0 fully saturated rings. The average Bonchev–Trinajstić information content (AvgIpc) is 3.82. The summed E-state index contributed by atoms with van der Waals surface area (Å²) in [6, 6.07) is 74.7. The summed E-state index contributed by atoms with van der Waals surface area (Å²) in [6.45, 7) is 0. The minimum absolute atomic E-state index is 0.882. The van der Waals surface area contributed by atoms with Gasteiger partial charge in [0.15, 0.2) is 0 Å². The van der Waals surface area contributed by atoms with Crippen molar-refractivity contribution in [2.24, 2.45) is 0 Å². The predicted molar refractivity (Wildman–Crippen MR) is 241 cm³/mol. The molecule has 2 aromatic heterocycles. The summed E-state index contributed by atoms with van der Waals surface area (Å²) in [5.41, 5.74) is 10.8. The van der Waals surface area contributed by atoms with Crippen LogP contribution in [-0.2, 0) is 0 Å². The topological polar surface area (TPSA) is 21.3 Å². The Hall–Kier alpha value is -7.62. The van der Waals surface area contributed by atoms with E-state index in [-0.39, 0.29) is 0 Å². The van der Waals surface area contributed by atoms with Gasteiger partial charge in [-0.25, -0.2) is 0 Å². The molecule has 3 nitrogen and oxygen atoms in total. The minimum atomic E-state index is 0.882. The van der Waals surface area contributed by atoms with Crippen LogP contribution >= 0.6 is 0 Å². The van der Waals surface area contributed by atoms with Crippen molar-refractivity contribution >= 4 is 93.1 Å². The van der Waals surface area contributed by atoms with Crippen molar-refractivity contribution in [1.82, 2.24) is 4.57 Å². The molecule has 57 heavy (non-hydrogen) atoms. The molecule has 0 saturated heterocycles. The molecule has 0 aliphatic heterocycles. The highest BCUT2D eigenvalue weighted by Crippen LogP contribution is 2.43. The van der Waals surface area contributed by atoms with E-state index in [1.165, 1.54) is 54.2 Å². The van der Waals surface area contributed by atoms with Crippen LogP contribution in [0.15, 0.2) is 211 Å². The number of fused-ring (bicyclic) bond motifs is 11. The van der Waals surface area contributed by atoms with Gasteiger partial charge in [0.05, 0.1) is 11.0 Å². The van der Waals surface area contributed by atoms with Gasteiger partial charge in [-0.2, -0.15) is 0 Å². The first-order chi connectivity index (χ1) is 28.2. The number of hydrogen-bond acceptors (Lipinski definition) is 2. The van der Waals surface area contributed by atoms with Crippen molar-refractivity contribution in [2.75, 3.05) is 4.90 Å². The molecule has 0 bridgehead atoms. The normalized spacial score (nSPS) is 11.9. The van der Waals surface area contributed by atoms with E-state index in [4.69, 9.17) is 4.42 Å². The Balaban J connectivity index is 1.09. The Labute approximate surface area is 328 Å². The van der Waals surface area contributed by atoms with E-state index in [0.29, 0.717) is 0 Å². The standard InChI is InChI=1S/C54H34N2O/c1-2-10-35(11-3-1)36-18-23-39(24-19-36)55(40-25-20-38-22-28-44-43-13-5-4-12-37(43)21-29-45(44)50(38)32-40)41-26-30-47-46-14-6-8-16-51(46)56(52(47)33-41)42-27-31-49-48-15-7-9-17-53(48)57-54(49)34-42/h1-34H. The highest BCUT2D eigenvalue weighted by atomic mass is 16.3. The molecule has 2 heterocycles. The lowest BCUT2D eigenvalue weighted by molar-refractivity contribution is 0.668. The predicted octanol–water partition coefficient (Wildman–Crippen LogP) is 15.3. The number of hydrogen-bond donors (Lipinski definition) is 0. The van der Waals surface area contributed by atoms with Crippen LogP contribution in [0.4, 0.5) is 17.1 Å². The first kappa shape index (κ1) is 31.7. The van der Waals surface area contributed by atoms with Gasteiger partial charge in [-0.1, -0.05) is 140 Å². The first-order valence-corrected chi connectivity index (χ1v) is 19.5. The first-order valence-electron chi connectivity index (χ1n) is 19.5. The zero-order valence-corrected chi connectivity index (χ0v) is 30.9. The molecule has 0 amide bonds. The largest absolute Gasteiger partial charge is 0.456 e. The third kappa shape index (κ3) is 4.99. The average molecular weight is 727 g/mol. The third-order valence-corrected chi connectivity index (χ3v) is 11.8. The number of nitrogens with zero attached hydrogens (tertiary/aromatic N) is 2. The van der Waals surface area contributed by atoms with Crippen LogP contribution in [0.3, 0.4) is 0 Å². The maximum atomic E-state index is 6.40. The van der Waals surface area contributed by atoms with Crippen molar-refractivity contribution in [1.29, 1.82) is 0 Å². The summed E-state index contributed by atoms with van der Waals surface area (Å²) in [4.78, 5) is 2.40. The molecular formula is C54H34N2O. The SMILES string of the molecule is c1ccc(-c2ccc(N(c3ccc4ccc5c6ccccc6ccc5c4c3)c3ccc4c5ccccc5n(-c5ccc6c(c5)oc5ccccc56)c4c3)cc2)cc1. The molecule has 0 atom stereocenters. The van der Waals surface area contributed by atoms with Crippen molar-refractivity contribution in [3.05, 3.63) is 206 Å². The highest BCUT2D eigenvalue weighted by Gasteiger charge is 2.19. The second-order valence-electron chi connectivity index (χ2n) is 14.9. The Bertz CT molecular complexity index is 3520. The summed E-state index contributed by atoms with van der Waals surface area (Å²) in [7, 11) is 0. The molecule has 0 radical (unpaired) electrons. The van der Waals surface area contributed by atoms with E-state index in [0.717, 1.165) is 55.7 Å². The summed E-state index contributed by atoms with van der Waals surface area (Å²) < 4.78 is 8.79. The van der Waals surface area contributed by atoms with Gasteiger partial charge in [0, 0.05) is 50.4 Å². The van der Waals surface area contributed by atoms with Gasteiger partial charge in [-0.05, 0) is 104 Å². The van der Waals surface area contributed by atoms with Gasteiger partial charge >= 0.3 is 0 Å². The molecule has 3 heteroatoms. The summed E-state index contributed by atoms with van der Waals surface area (Å²) in [5, 5.41) is 12.2. The Morgan fingerprint density at radius 3 is 1.74 bits per heavy atom. The van der Waals surface area contributed by atoms with Crippen LogP contribution in [0.25, 0.3) is 92.9 Å². The van der Waals surface area contributed by atoms with Crippen molar-refractivity contribution in [3.8, 4) is 16.8 Å². The van der Waals surface area contributed by atoms with E-state index < -0.39 is 0 Å². The highest BCUT2D eigenvalue weighted by molar-refractivity contribution is 6.18. The van der Waals surface area contributed by atoms with Crippen LogP contribution < -0.4 is 4.90 Å². The number of anilines is 3. The molecule has 266 valence electrons. The van der Waals surface area contributed by atoms with Gasteiger partial charge in [0.25, 0.3) is 0 Å². The van der Waals surface area contributed by atoms with Gasteiger partial charge in [-0.15, -0.1) is 0 Å². The molecule has 0 aliphatic carbocycles. The molecule has 0 spiro atoms. The second kappa shape index (κ2) is 12.5. The monoisotopic (exact) mass is 726 g/mol. The maximum Gasteiger partial charge on any atom is 0.137 e. The molecule has 0 unspecified atom stereocenters. The fourth-order valence-electron chi connectivity index (χ4n) is 9.06. The second-order valence-corrected chi connectivity index (χ2v) is 14.9. The van der Waals surface area contributed by atoms with E-state index in [1.807, 2.05) is 12.1 Å². The lowest BCUT2D eigenvalue weighted by Gasteiger charge is -2.26. The van der Waals surface area contributed by atoms with E-state index >= 15 is 0 Å². The zero-order valence-electron chi connectivity index (χ0n) is 30.9. The minimum Gasteiger partial charge on any atom is -0.456 e. The van der Waals surface area contributed by atoms with E-state index in [1.54, 1.807) is 0 Å². The molecule has 12 aromatic rings. The Morgan fingerprint density at radius 1 is 0.316 bits per heavy atom. The van der Waals surface area contributed by atoms with Crippen LogP contribution in [-0.4, -0.2) is 4.57 Å². The van der Waals surface area contributed by atoms with Gasteiger partial charge in [0.2, 0.25) is 0 Å². The number of furan rings is 1. The summed E-state index contributed by atoms with van der Waals surface area (Å²) in [5.74, 6) is 0. The quantitative estimate of drug-likeness (QED) is 0.165. The zero-order chi connectivity index (χ0) is 37.5. The Kier molecular flexibility index (Phi) is 6.93. The molecular weight excluding hydrogens is 693 g/mol. The van der Waals surface area contributed by atoms with Crippen molar-refractivity contribution in [2.45, 2.75) is 0 Å². The van der Waals surface area contributed by atoms with E-state index in [9.17, 15) is 0 Å². The smallest absolute Gasteiger partial charge is 0.137 e. The maximum absolute atomic E-state index is 6.40. The van der Waals surface area contributed by atoms with Gasteiger partial charge in [-0.3, -0.25) is 0 Å². The Morgan fingerprint density at radius 2 is 0.877 bits per heavy atom. The fourth-order valence-corrected chi connectivity index (χ4v) is 9.06. The van der Waals surface area contributed by atoms with Crippen molar-refractivity contribution in [3.63, 3.8) is 0 Å². The number of aromatic nitrogens is 1. The number of rotatable bonds is 5. The van der Waals surface area contributed by atoms with Crippen LogP contribution in [0.5, 0.6) is 0 Å². The molecule has 0 aliphatic rings. The lowest BCUT2D eigenvalue weighted by Crippen LogP contribution is -2.10. The van der Waals surface area contributed by atoms with Gasteiger partial charge in [0.1, 0.15) is 11.2 Å². The van der Waals surface area contributed by atoms with Crippen LogP contribution in [0.1, 0.15) is 0 Å². The number of para-hydroxylation sites is 2. The van der Waals surface area contributed by atoms with Gasteiger partial charge < -0.3 is 13.9 Å². The van der Waals surface area contributed by atoms with Crippen molar-refractivity contribution < 1.29 is 4.42 Å². The van der Waals surface area contributed by atoms with E-state index in [2.05, 4.69) is 204 Å². The summed E-state index contributed by atoms with van der Waals surface area (Å²) in [6.07, 6.45) is 0. The molecule has 12 rings (SSSR count). The summed E-state index contributed by atoms with van der Waals surface area (Å²) >= 11 is 0. The van der Waals surface area contributed by atoms with Crippen LogP contribution in [0, 0.1) is 0 Å². The lowest BCUT2D eigenvalue weighted by atomic mass is 9.96. The molecule has 0 N–H and O–H groups in total. The fraction of sp³-hybridized carbons (Fsp3) is 0. The third-order valence-electron chi connectivity index (χ3n) is 11.8.